The predicted molar refractivity (Wildman–Crippen MR) is 75.0 cm³/mol. The van der Waals surface area contributed by atoms with E-state index in [2.05, 4.69) is 0 Å². The van der Waals surface area contributed by atoms with Crippen molar-refractivity contribution in [2.75, 3.05) is 45.9 Å². The van der Waals surface area contributed by atoms with Gasteiger partial charge in [0, 0.05) is 7.11 Å². The number of nitrogen functional groups attached to an aromatic ring is 1. The molecule has 1 aromatic rings. The Kier molecular flexibility index (Phi) is 7.46. The highest BCUT2D eigenvalue weighted by Crippen LogP contribution is 2.22. The molecule has 0 radical (unpaired) electrons. The molecule has 2 N–H and O–H groups in total. The lowest BCUT2D eigenvalue weighted by atomic mass is 10.2. The third kappa shape index (κ3) is 5.46. The van der Waals surface area contributed by atoms with Gasteiger partial charge in [-0.15, -0.1) is 0 Å². The van der Waals surface area contributed by atoms with Crippen LogP contribution in [0.5, 0.6) is 5.75 Å². The number of nitrogens with two attached hydrogens (primary N) is 1. The molecule has 0 saturated carbocycles. The molecule has 0 spiro atoms. The van der Waals surface area contributed by atoms with Crippen LogP contribution in [0.25, 0.3) is 0 Å². The molecule has 0 aliphatic carbocycles. The fraction of sp³-hybridized carbons (Fsp3) is 0.500. The molecular formula is C14H21NO5. The number of anilines is 1. The second-order valence-electron chi connectivity index (χ2n) is 3.93. The van der Waals surface area contributed by atoms with Gasteiger partial charge < -0.3 is 24.7 Å². The fourth-order valence-electron chi connectivity index (χ4n) is 1.48. The van der Waals surface area contributed by atoms with Gasteiger partial charge in [-0.2, -0.15) is 0 Å². The zero-order valence-electron chi connectivity index (χ0n) is 11.9. The van der Waals surface area contributed by atoms with Crippen molar-refractivity contribution in [3.8, 4) is 5.75 Å². The number of methoxy groups -OCH3 is 1. The van der Waals surface area contributed by atoms with E-state index < -0.39 is 5.97 Å². The molecule has 0 saturated heterocycles. The van der Waals surface area contributed by atoms with Crippen molar-refractivity contribution in [3.05, 3.63) is 23.8 Å². The molecule has 112 valence electrons. The molecule has 0 aromatic heterocycles. The lowest BCUT2D eigenvalue weighted by molar-refractivity contribution is 0.0525. The minimum absolute atomic E-state index is 0.329. The van der Waals surface area contributed by atoms with Gasteiger partial charge in [-0.1, -0.05) is 0 Å². The Bertz CT molecular complexity index is 422. The topological polar surface area (TPSA) is 80.0 Å². The number of carbonyl (C=O) groups is 1. The van der Waals surface area contributed by atoms with Crippen molar-refractivity contribution >= 4 is 11.7 Å². The number of benzene rings is 1. The summed E-state index contributed by atoms with van der Waals surface area (Å²) < 4.78 is 20.5. The maximum absolute atomic E-state index is 11.5. The van der Waals surface area contributed by atoms with Crippen molar-refractivity contribution < 1.29 is 23.7 Å². The van der Waals surface area contributed by atoms with Gasteiger partial charge in [-0.05, 0) is 25.1 Å². The van der Waals surface area contributed by atoms with Gasteiger partial charge in [0.15, 0.2) is 0 Å². The second-order valence-corrected chi connectivity index (χ2v) is 3.93. The van der Waals surface area contributed by atoms with Crippen molar-refractivity contribution in [1.29, 1.82) is 0 Å². The largest absolute Gasteiger partial charge is 0.489 e. The molecule has 6 heteroatoms. The molecule has 0 aliphatic rings. The molecular weight excluding hydrogens is 262 g/mol. The molecule has 0 heterocycles. The average Bonchev–Trinajstić information content (AvgIpc) is 2.44. The van der Waals surface area contributed by atoms with E-state index in [4.69, 9.17) is 24.7 Å². The fourth-order valence-corrected chi connectivity index (χ4v) is 1.48. The predicted octanol–water partition coefficient (Wildman–Crippen LogP) is 1.49. The van der Waals surface area contributed by atoms with Gasteiger partial charge in [-0.25, -0.2) is 4.79 Å². The van der Waals surface area contributed by atoms with Crippen molar-refractivity contribution in [3.63, 3.8) is 0 Å². The summed E-state index contributed by atoms with van der Waals surface area (Å²) in [5.41, 5.74) is 6.63. The Morgan fingerprint density at radius 1 is 1.20 bits per heavy atom. The van der Waals surface area contributed by atoms with Gasteiger partial charge in [0.05, 0.1) is 37.7 Å². The number of hydrogen-bond donors (Lipinski definition) is 1. The average molecular weight is 283 g/mol. The van der Waals surface area contributed by atoms with Gasteiger partial charge in [-0.3, -0.25) is 0 Å². The molecule has 20 heavy (non-hydrogen) atoms. The zero-order valence-corrected chi connectivity index (χ0v) is 11.9. The lowest BCUT2D eigenvalue weighted by Crippen LogP contribution is -2.11. The number of esters is 1. The van der Waals surface area contributed by atoms with Crippen molar-refractivity contribution in [2.24, 2.45) is 0 Å². The van der Waals surface area contributed by atoms with Crippen LogP contribution in [0.2, 0.25) is 0 Å². The molecule has 1 aromatic carbocycles. The SMILES string of the molecule is CCOC(=O)c1ccc(OCCOCCOC)c(N)c1. The minimum Gasteiger partial charge on any atom is -0.489 e. The van der Waals surface area contributed by atoms with E-state index in [1.54, 1.807) is 32.2 Å². The normalized spacial score (nSPS) is 10.3. The molecule has 0 fully saturated rings. The lowest BCUT2D eigenvalue weighted by Gasteiger charge is -2.10. The first kappa shape index (κ1) is 16.3. The third-order valence-electron chi connectivity index (χ3n) is 2.44. The molecule has 1 rings (SSSR count). The number of hydrogen-bond acceptors (Lipinski definition) is 6. The first-order chi connectivity index (χ1) is 9.69. The molecule has 0 amide bonds. The molecule has 0 unspecified atom stereocenters. The van der Waals surface area contributed by atoms with E-state index in [1.807, 2.05) is 0 Å². The molecule has 6 nitrogen and oxygen atoms in total. The van der Waals surface area contributed by atoms with Crippen LogP contribution in [0.3, 0.4) is 0 Å². The summed E-state index contributed by atoms with van der Waals surface area (Å²) in [6.45, 7) is 3.99. The van der Waals surface area contributed by atoms with E-state index in [0.717, 1.165) is 0 Å². The van der Waals surface area contributed by atoms with Crippen LogP contribution in [0, 0.1) is 0 Å². The Hall–Kier alpha value is -1.79. The van der Waals surface area contributed by atoms with Gasteiger partial charge in [0.2, 0.25) is 0 Å². The maximum Gasteiger partial charge on any atom is 0.338 e. The Labute approximate surface area is 118 Å². The van der Waals surface area contributed by atoms with Crippen molar-refractivity contribution in [1.82, 2.24) is 0 Å². The first-order valence-corrected chi connectivity index (χ1v) is 6.45. The highest BCUT2D eigenvalue weighted by molar-refractivity contribution is 5.91. The van der Waals surface area contributed by atoms with Crippen LogP contribution in [-0.4, -0.2) is 46.1 Å². The molecule has 0 atom stereocenters. The van der Waals surface area contributed by atoms with Crippen LogP contribution in [0.1, 0.15) is 17.3 Å². The van der Waals surface area contributed by atoms with Crippen LogP contribution < -0.4 is 10.5 Å². The summed E-state index contributed by atoms with van der Waals surface area (Å²) in [5.74, 6) is 0.127. The van der Waals surface area contributed by atoms with Crippen LogP contribution >= 0.6 is 0 Å². The minimum atomic E-state index is -0.395. The summed E-state index contributed by atoms with van der Waals surface area (Å²) in [5, 5.41) is 0. The second kappa shape index (κ2) is 9.17. The van der Waals surface area contributed by atoms with Gasteiger partial charge in [0.25, 0.3) is 0 Å². The maximum atomic E-state index is 11.5. The number of ether oxygens (including phenoxy) is 4. The number of rotatable bonds is 9. The zero-order chi connectivity index (χ0) is 14.8. The van der Waals surface area contributed by atoms with Crippen LogP contribution in [0.15, 0.2) is 18.2 Å². The van der Waals surface area contributed by atoms with E-state index in [1.165, 1.54) is 0 Å². The third-order valence-corrected chi connectivity index (χ3v) is 2.44. The van der Waals surface area contributed by atoms with Crippen molar-refractivity contribution in [2.45, 2.75) is 6.92 Å². The highest BCUT2D eigenvalue weighted by Gasteiger charge is 2.09. The summed E-state index contributed by atoms with van der Waals surface area (Å²) in [7, 11) is 1.62. The Morgan fingerprint density at radius 2 is 1.95 bits per heavy atom. The summed E-state index contributed by atoms with van der Waals surface area (Å²) >= 11 is 0. The number of carbonyl (C=O) groups excluding carboxylic acids is 1. The van der Waals surface area contributed by atoms with Gasteiger partial charge in [0.1, 0.15) is 12.4 Å². The van der Waals surface area contributed by atoms with Crippen LogP contribution in [-0.2, 0) is 14.2 Å². The van der Waals surface area contributed by atoms with E-state index in [0.29, 0.717) is 50.0 Å². The van der Waals surface area contributed by atoms with Crippen LogP contribution in [0.4, 0.5) is 5.69 Å². The standard InChI is InChI=1S/C14H21NO5/c1-3-19-14(16)11-4-5-13(12(15)10-11)20-9-8-18-7-6-17-2/h4-5,10H,3,6-9,15H2,1-2H3. The Balaban J connectivity index is 2.42. The summed E-state index contributed by atoms with van der Waals surface area (Å²) in [6, 6.07) is 4.81. The monoisotopic (exact) mass is 283 g/mol. The quantitative estimate of drug-likeness (QED) is 0.420. The Morgan fingerprint density at radius 3 is 2.60 bits per heavy atom. The van der Waals surface area contributed by atoms with E-state index >= 15 is 0 Å². The smallest absolute Gasteiger partial charge is 0.338 e. The van der Waals surface area contributed by atoms with E-state index in [9.17, 15) is 4.79 Å². The molecule has 0 aliphatic heterocycles. The molecule has 0 bridgehead atoms. The van der Waals surface area contributed by atoms with Gasteiger partial charge >= 0.3 is 5.97 Å². The summed E-state index contributed by atoms with van der Waals surface area (Å²) in [4.78, 5) is 11.5. The summed E-state index contributed by atoms with van der Waals surface area (Å²) in [6.07, 6.45) is 0. The highest BCUT2D eigenvalue weighted by atomic mass is 16.5. The van der Waals surface area contributed by atoms with E-state index in [-0.39, 0.29) is 0 Å². The first-order valence-electron chi connectivity index (χ1n) is 6.45.